The van der Waals surface area contributed by atoms with E-state index in [1.165, 1.54) is 11.1 Å². The first-order chi connectivity index (χ1) is 13.3. The molecule has 2 aromatic carbocycles. The third kappa shape index (κ3) is 4.49. The highest BCUT2D eigenvalue weighted by Gasteiger charge is 2.22. The Labute approximate surface area is 160 Å². The van der Waals surface area contributed by atoms with E-state index < -0.39 is 0 Å². The number of fused-ring (bicyclic) bond motifs is 1. The number of para-hydroxylation sites is 1. The van der Waals surface area contributed by atoms with Crippen LogP contribution in [0.2, 0.25) is 0 Å². The van der Waals surface area contributed by atoms with Gasteiger partial charge in [-0.15, -0.1) is 0 Å². The quantitative estimate of drug-likeness (QED) is 0.868. The largest absolute Gasteiger partial charge is 0.379 e. The van der Waals surface area contributed by atoms with E-state index >= 15 is 0 Å². The molecule has 5 nitrogen and oxygen atoms in total. The molecule has 142 valence electrons. The minimum atomic E-state index is -0.133. The van der Waals surface area contributed by atoms with Crippen LogP contribution in [-0.4, -0.2) is 37.2 Å². The molecule has 2 aliphatic rings. The van der Waals surface area contributed by atoms with E-state index in [4.69, 9.17) is 4.74 Å². The number of aryl methyl sites for hydroxylation is 1. The molecule has 5 heteroatoms. The number of morpholine rings is 1. The molecule has 0 unspecified atom stereocenters. The molecule has 0 bridgehead atoms. The van der Waals surface area contributed by atoms with Gasteiger partial charge in [-0.1, -0.05) is 42.5 Å². The van der Waals surface area contributed by atoms with Gasteiger partial charge >= 0.3 is 6.03 Å². The molecule has 1 aliphatic carbocycles. The molecule has 0 spiro atoms. The minimum Gasteiger partial charge on any atom is -0.379 e. The summed E-state index contributed by atoms with van der Waals surface area (Å²) >= 11 is 0. The van der Waals surface area contributed by atoms with Gasteiger partial charge in [0.15, 0.2) is 0 Å². The Kier molecular flexibility index (Phi) is 5.70. The molecule has 27 heavy (non-hydrogen) atoms. The SMILES string of the molecule is O=C(Nc1ccccc1CN1CCOCC1)N[C@H]1CCCc2ccccc21. The maximum absolute atomic E-state index is 12.7. The van der Waals surface area contributed by atoms with Crippen LogP contribution in [0, 0.1) is 0 Å². The second kappa shape index (κ2) is 8.55. The van der Waals surface area contributed by atoms with Crippen LogP contribution in [0.15, 0.2) is 48.5 Å². The Bertz CT molecular complexity index is 787. The highest BCUT2D eigenvalue weighted by Crippen LogP contribution is 2.29. The Morgan fingerprint density at radius 2 is 1.85 bits per heavy atom. The van der Waals surface area contributed by atoms with Crippen LogP contribution < -0.4 is 10.6 Å². The van der Waals surface area contributed by atoms with Gasteiger partial charge in [-0.05, 0) is 42.0 Å². The Morgan fingerprint density at radius 1 is 1.07 bits per heavy atom. The molecular formula is C22H27N3O2. The summed E-state index contributed by atoms with van der Waals surface area (Å²) in [6.07, 6.45) is 3.19. The van der Waals surface area contributed by atoms with Crippen molar-refractivity contribution in [2.24, 2.45) is 0 Å². The first-order valence-electron chi connectivity index (χ1n) is 9.83. The normalized spacial score (nSPS) is 19.9. The van der Waals surface area contributed by atoms with E-state index in [1.807, 2.05) is 24.3 Å². The zero-order valence-electron chi connectivity index (χ0n) is 15.6. The van der Waals surface area contributed by atoms with Crippen LogP contribution in [0.5, 0.6) is 0 Å². The van der Waals surface area contributed by atoms with Gasteiger partial charge < -0.3 is 15.4 Å². The molecular weight excluding hydrogens is 338 g/mol. The van der Waals surface area contributed by atoms with Crippen molar-refractivity contribution in [2.45, 2.75) is 31.8 Å². The molecule has 4 rings (SSSR count). The third-order valence-electron chi connectivity index (χ3n) is 5.44. The highest BCUT2D eigenvalue weighted by molar-refractivity contribution is 5.90. The first-order valence-corrected chi connectivity index (χ1v) is 9.83. The molecule has 2 amide bonds. The fourth-order valence-electron chi connectivity index (χ4n) is 4.00. The summed E-state index contributed by atoms with van der Waals surface area (Å²) in [5.74, 6) is 0. The average molecular weight is 365 g/mol. The monoisotopic (exact) mass is 365 g/mol. The Balaban J connectivity index is 1.41. The van der Waals surface area contributed by atoms with Gasteiger partial charge in [0.05, 0.1) is 19.3 Å². The summed E-state index contributed by atoms with van der Waals surface area (Å²) in [6, 6.07) is 16.4. The van der Waals surface area contributed by atoms with E-state index in [-0.39, 0.29) is 12.1 Å². The van der Waals surface area contributed by atoms with E-state index in [1.54, 1.807) is 0 Å². The topological polar surface area (TPSA) is 53.6 Å². The number of hydrogen-bond acceptors (Lipinski definition) is 3. The number of benzene rings is 2. The maximum Gasteiger partial charge on any atom is 0.319 e. The number of hydrogen-bond donors (Lipinski definition) is 2. The summed E-state index contributed by atoms with van der Waals surface area (Å²) in [7, 11) is 0. The number of rotatable bonds is 4. The lowest BCUT2D eigenvalue weighted by molar-refractivity contribution is 0.0343. The van der Waals surface area contributed by atoms with E-state index in [0.717, 1.165) is 63.4 Å². The fourth-order valence-corrected chi connectivity index (χ4v) is 4.00. The van der Waals surface area contributed by atoms with Crippen molar-refractivity contribution in [3.63, 3.8) is 0 Å². The number of ether oxygens (including phenoxy) is 1. The predicted molar refractivity (Wildman–Crippen MR) is 107 cm³/mol. The summed E-state index contributed by atoms with van der Waals surface area (Å²) in [6.45, 7) is 4.24. The fraction of sp³-hybridized carbons (Fsp3) is 0.409. The van der Waals surface area contributed by atoms with Crippen LogP contribution >= 0.6 is 0 Å². The van der Waals surface area contributed by atoms with Crippen LogP contribution in [0.25, 0.3) is 0 Å². The molecule has 1 saturated heterocycles. The van der Waals surface area contributed by atoms with Crippen LogP contribution in [0.3, 0.4) is 0 Å². The summed E-state index contributed by atoms with van der Waals surface area (Å²) in [4.78, 5) is 15.0. The number of anilines is 1. The maximum atomic E-state index is 12.7. The molecule has 2 N–H and O–H groups in total. The van der Waals surface area contributed by atoms with E-state index in [0.29, 0.717) is 0 Å². The van der Waals surface area contributed by atoms with Crippen molar-refractivity contribution < 1.29 is 9.53 Å². The van der Waals surface area contributed by atoms with Crippen LogP contribution in [-0.2, 0) is 17.7 Å². The Hall–Kier alpha value is -2.37. The molecule has 1 aliphatic heterocycles. The number of amides is 2. The van der Waals surface area contributed by atoms with Crippen LogP contribution in [0.1, 0.15) is 35.6 Å². The molecule has 0 saturated carbocycles. The van der Waals surface area contributed by atoms with E-state index in [2.05, 4.69) is 39.8 Å². The second-order valence-electron chi connectivity index (χ2n) is 7.29. The van der Waals surface area contributed by atoms with E-state index in [9.17, 15) is 4.79 Å². The molecule has 0 radical (unpaired) electrons. The highest BCUT2D eigenvalue weighted by atomic mass is 16.5. The lowest BCUT2D eigenvalue weighted by Gasteiger charge is -2.28. The summed E-state index contributed by atoms with van der Waals surface area (Å²) in [5.41, 5.74) is 4.62. The van der Waals surface area contributed by atoms with Crippen molar-refractivity contribution in [3.8, 4) is 0 Å². The van der Waals surface area contributed by atoms with Gasteiger partial charge in [0, 0.05) is 25.3 Å². The summed E-state index contributed by atoms with van der Waals surface area (Å²) in [5, 5.41) is 6.24. The first kappa shape index (κ1) is 18.0. The molecule has 1 heterocycles. The number of nitrogens with zero attached hydrogens (tertiary/aromatic N) is 1. The van der Waals surface area contributed by atoms with Gasteiger partial charge in [-0.3, -0.25) is 4.90 Å². The predicted octanol–water partition coefficient (Wildman–Crippen LogP) is 3.72. The second-order valence-corrected chi connectivity index (χ2v) is 7.29. The number of urea groups is 1. The van der Waals surface area contributed by atoms with Crippen molar-refractivity contribution in [1.82, 2.24) is 10.2 Å². The standard InChI is InChI=1S/C22H27N3O2/c26-22(24-21-11-5-8-17-6-1-3-9-19(17)21)23-20-10-4-2-7-18(20)16-25-12-14-27-15-13-25/h1-4,6-7,9-10,21H,5,8,11-16H2,(H2,23,24,26)/t21-/m0/s1. The zero-order chi connectivity index (χ0) is 18.5. The average Bonchev–Trinajstić information content (AvgIpc) is 2.71. The lowest BCUT2D eigenvalue weighted by Crippen LogP contribution is -2.36. The Morgan fingerprint density at radius 3 is 2.74 bits per heavy atom. The molecule has 0 aromatic heterocycles. The van der Waals surface area contributed by atoms with Gasteiger partial charge in [-0.25, -0.2) is 4.79 Å². The van der Waals surface area contributed by atoms with Gasteiger partial charge in [0.2, 0.25) is 0 Å². The van der Waals surface area contributed by atoms with Gasteiger partial charge in [0.25, 0.3) is 0 Å². The van der Waals surface area contributed by atoms with Crippen molar-refractivity contribution in [1.29, 1.82) is 0 Å². The minimum absolute atomic E-state index is 0.0846. The summed E-state index contributed by atoms with van der Waals surface area (Å²) < 4.78 is 5.42. The third-order valence-corrected chi connectivity index (χ3v) is 5.44. The molecule has 2 aromatic rings. The smallest absolute Gasteiger partial charge is 0.319 e. The van der Waals surface area contributed by atoms with Crippen LogP contribution in [0.4, 0.5) is 10.5 Å². The van der Waals surface area contributed by atoms with Crippen molar-refractivity contribution in [2.75, 3.05) is 31.6 Å². The van der Waals surface area contributed by atoms with Crippen molar-refractivity contribution >= 4 is 11.7 Å². The lowest BCUT2D eigenvalue weighted by atomic mass is 9.88. The number of carbonyl (C=O) groups excluding carboxylic acids is 1. The zero-order valence-corrected chi connectivity index (χ0v) is 15.6. The van der Waals surface area contributed by atoms with Gasteiger partial charge in [0.1, 0.15) is 0 Å². The molecule has 1 atom stereocenters. The van der Waals surface area contributed by atoms with Gasteiger partial charge in [-0.2, -0.15) is 0 Å². The number of carbonyl (C=O) groups is 1. The number of nitrogens with one attached hydrogen (secondary N) is 2. The van der Waals surface area contributed by atoms with Crippen molar-refractivity contribution in [3.05, 3.63) is 65.2 Å². The molecule has 1 fully saturated rings.